The molecular weight excluding hydrogens is 395 g/mol. The molecular formula is C22H20ClFN2O3. The van der Waals surface area contributed by atoms with E-state index in [2.05, 4.69) is 0 Å². The van der Waals surface area contributed by atoms with E-state index in [-0.39, 0.29) is 33.6 Å². The summed E-state index contributed by atoms with van der Waals surface area (Å²) < 4.78 is 19.5. The van der Waals surface area contributed by atoms with Crippen LogP contribution in [0.4, 0.5) is 4.39 Å². The van der Waals surface area contributed by atoms with Crippen LogP contribution in [-0.4, -0.2) is 42.9 Å². The van der Waals surface area contributed by atoms with Crippen molar-refractivity contribution in [3.8, 4) is 0 Å². The van der Waals surface area contributed by atoms with Gasteiger partial charge < -0.3 is 14.2 Å². The van der Waals surface area contributed by atoms with E-state index in [1.165, 1.54) is 12.1 Å². The van der Waals surface area contributed by atoms with Gasteiger partial charge in [0.05, 0.1) is 17.0 Å². The fraction of sp³-hybridized carbons (Fsp3) is 0.273. The lowest BCUT2D eigenvalue weighted by Crippen LogP contribution is -2.32. The minimum atomic E-state index is -0.596. The van der Waals surface area contributed by atoms with Crippen molar-refractivity contribution in [3.05, 3.63) is 80.4 Å². The third-order valence-electron chi connectivity index (χ3n) is 5.12. The zero-order valence-corrected chi connectivity index (χ0v) is 16.9. The predicted molar refractivity (Wildman–Crippen MR) is 110 cm³/mol. The van der Waals surface area contributed by atoms with Crippen molar-refractivity contribution < 1.29 is 13.6 Å². The van der Waals surface area contributed by atoms with Gasteiger partial charge in [0.25, 0.3) is 5.91 Å². The fourth-order valence-electron chi connectivity index (χ4n) is 3.77. The number of hydrogen-bond donors (Lipinski definition) is 0. The second-order valence-corrected chi connectivity index (χ2v) is 7.86. The molecule has 2 heterocycles. The molecule has 0 radical (unpaired) electrons. The highest BCUT2D eigenvalue weighted by Crippen LogP contribution is 2.38. The third-order valence-corrected chi connectivity index (χ3v) is 5.37. The largest absolute Gasteiger partial charge is 0.450 e. The molecule has 0 fully saturated rings. The van der Waals surface area contributed by atoms with Gasteiger partial charge in [0.15, 0.2) is 5.43 Å². The van der Waals surface area contributed by atoms with Crippen LogP contribution in [0.1, 0.15) is 34.1 Å². The molecule has 150 valence electrons. The Morgan fingerprint density at radius 3 is 2.55 bits per heavy atom. The van der Waals surface area contributed by atoms with Crippen LogP contribution in [0.3, 0.4) is 0 Å². The molecule has 2 aromatic carbocycles. The molecule has 0 unspecified atom stereocenters. The average Bonchev–Trinajstić information content (AvgIpc) is 2.95. The van der Waals surface area contributed by atoms with Gasteiger partial charge in [-0.25, -0.2) is 4.39 Å². The van der Waals surface area contributed by atoms with Crippen molar-refractivity contribution in [2.24, 2.45) is 0 Å². The molecule has 29 heavy (non-hydrogen) atoms. The van der Waals surface area contributed by atoms with Gasteiger partial charge in [-0.05, 0) is 63.0 Å². The normalized spacial score (nSPS) is 16.1. The molecule has 0 aliphatic carbocycles. The summed E-state index contributed by atoms with van der Waals surface area (Å²) in [4.78, 5) is 30.1. The number of amides is 1. The Morgan fingerprint density at radius 1 is 1.14 bits per heavy atom. The van der Waals surface area contributed by atoms with Crippen LogP contribution >= 0.6 is 11.6 Å². The summed E-state index contributed by atoms with van der Waals surface area (Å²) in [5.74, 6) is -0.833. The van der Waals surface area contributed by atoms with Gasteiger partial charge in [-0.1, -0.05) is 23.7 Å². The Kier molecular flexibility index (Phi) is 5.15. The first kappa shape index (κ1) is 19.6. The Morgan fingerprint density at radius 2 is 1.86 bits per heavy atom. The predicted octanol–water partition coefficient (Wildman–Crippen LogP) is 4.08. The van der Waals surface area contributed by atoms with E-state index in [0.29, 0.717) is 11.6 Å². The molecule has 1 aliphatic rings. The van der Waals surface area contributed by atoms with Crippen LogP contribution in [-0.2, 0) is 0 Å². The van der Waals surface area contributed by atoms with Crippen LogP contribution in [0, 0.1) is 5.82 Å². The van der Waals surface area contributed by atoms with Gasteiger partial charge in [0, 0.05) is 11.6 Å². The second-order valence-electron chi connectivity index (χ2n) is 7.42. The Hall–Kier alpha value is -2.70. The Bertz CT molecular complexity index is 1140. The highest BCUT2D eigenvalue weighted by Gasteiger charge is 2.42. The first-order valence-electron chi connectivity index (χ1n) is 9.34. The van der Waals surface area contributed by atoms with Gasteiger partial charge in [0.2, 0.25) is 5.76 Å². The smallest absolute Gasteiger partial charge is 0.290 e. The van der Waals surface area contributed by atoms with Gasteiger partial charge in [0.1, 0.15) is 11.4 Å². The van der Waals surface area contributed by atoms with Crippen LogP contribution in [0.2, 0.25) is 5.02 Å². The van der Waals surface area contributed by atoms with Crippen molar-refractivity contribution in [3.63, 3.8) is 0 Å². The molecule has 4 rings (SSSR count). The maximum atomic E-state index is 13.8. The Balaban J connectivity index is 1.88. The van der Waals surface area contributed by atoms with Crippen molar-refractivity contribution in [1.82, 2.24) is 9.80 Å². The van der Waals surface area contributed by atoms with E-state index in [1.54, 1.807) is 29.2 Å². The summed E-state index contributed by atoms with van der Waals surface area (Å²) in [7, 11) is 3.92. The van der Waals surface area contributed by atoms with Crippen LogP contribution in [0.5, 0.6) is 0 Å². The first-order chi connectivity index (χ1) is 13.9. The highest BCUT2D eigenvalue weighted by molar-refractivity contribution is 6.30. The van der Waals surface area contributed by atoms with E-state index in [1.807, 2.05) is 19.0 Å². The Labute approximate surface area is 172 Å². The van der Waals surface area contributed by atoms with E-state index >= 15 is 0 Å². The lowest BCUT2D eigenvalue weighted by atomic mass is 9.98. The third kappa shape index (κ3) is 3.54. The van der Waals surface area contributed by atoms with Gasteiger partial charge >= 0.3 is 0 Å². The minimum Gasteiger partial charge on any atom is -0.450 e. The van der Waals surface area contributed by atoms with E-state index in [4.69, 9.17) is 16.0 Å². The SMILES string of the molecule is CN(C)CCCN1C(=O)c2oc3ccc(F)cc3c(=O)c2[C@@H]1c1ccc(Cl)cc1. The molecule has 5 nitrogen and oxygen atoms in total. The standard InChI is InChI=1S/C22H20ClFN2O3/c1-25(2)10-3-11-26-19(13-4-6-14(23)7-5-13)18-20(27)16-12-15(24)8-9-17(16)29-21(18)22(26)28/h4-9,12,19H,3,10-11H2,1-2H3/t19-/m0/s1. The highest BCUT2D eigenvalue weighted by atomic mass is 35.5. The molecule has 1 aliphatic heterocycles. The van der Waals surface area contributed by atoms with Crippen LogP contribution in [0.25, 0.3) is 11.0 Å². The second kappa shape index (κ2) is 7.61. The first-order valence-corrected chi connectivity index (χ1v) is 9.72. The molecule has 0 saturated heterocycles. The number of carbonyl (C=O) groups is 1. The summed E-state index contributed by atoms with van der Waals surface area (Å²) in [6.45, 7) is 1.25. The summed E-state index contributed by atoms with van der Waals surface area (Å²) in [6.07, 6.45) is 0.735. The summed E-state index contributed by atoms with van der Waals surface area (Å²) in [6, 6.07) is 10.2. The molecule has 1 amide bonds. The van der Waals surface area contributed by atoms with Crippen molar-refractivity contribution in [2.75, 3.05) is 27.2 Å². The quantitative estimate of drug-likeness (QED) is 0.631. The lowest BCUT2D eigenvalue weighted by molar-refractivity contribution is 0.0722. The molecule has 0 saturated carbocycles. The van der Waals surface area contributed by atoms with Gasteiger partial charge in [-0.3, -0.25) is 9.59 Å². The minimum absolute atomic E-state index is 0.0268. The van der Waals surface area contributed by atoms with Crippen molar-refractivity contribution in [1.29, 1.82) is 0 Å². The van der Waals surface area contributed by atoms with Gasteiger partial charge in [-0.2, -0.15) is 0 Å². The maximum absolute atomic E-state index is 13.8. The zero-order valence-electron chi connectivity index (χ0n) is 16.1. The molecule has 1 atom stereocenters. The summed E-state index contributed by atoms with van der Waals surface area (Å²) in [5, 5.41) is 0.690. The van der Waals surface area contributed by atoms with E-state index in [0.717, 1.165) is 24.6 Å². The van der Waals surface area contributed by atoms with Crippen LogP contribution in [0.15, 0.2) is 51.7 Å². The topological polar surface area (TPSA) is 53.8 Å². The van der Waals surface area contributed by atoms with Crippen molar-refractivity contribution >= 4 is 28.5 Å². The summed E-state index contributed by atoms with van der Waals surface area (Å²) in [5.41, 5.74) is 0.826. The van der Waals surface area contributed by atoms with Crippen LogP contribution < -0.4 is 5.43 Å². The number of rotatable bonds is 5. The zero-order chi connectivity index (χ0) is 20.7. The molecule has 3 aromatic rings. The molecule has 0 bridgehead atoms. The monoisotopic (exact) mass is 414 g/mol. The lowest BCUT2D eigenvalue weighted by Gasteiger charge is -2.25. The van der Waals surface area contributed by atoms with Crippen molar-refractivity contribution in [2.45, 2.75) is 12.5 Å². The number of hydrogen-bond acceptors (Lipinski definition) is 4. The van der Waals surface area contributed by atoms with E-state index < -0.39 is 11.9 Å². The number of fused-ring (bicyclic) bond motifs is 2. The number of benzene rings is 2. The molecule has 0 N–H and O–H groups in total. The molecule has 0 spiro atoms. The fourth-order valence-corrected chi connectivity index (χ4v) is 3.90. The molecule has 7 heteroatoms. The average molecular weight is 415 g/mol. The maximum Gasteiger partial charge on any atom is 0.290 e. The van der Waals surface area contributed by atoms with E-state index in [9.17, 15) is 14.0 Å². The summed E-state index contributed by atoms with van der Waals surface area (Å²) >= 11 is 6.02. The number of carbonyl (C=O) groups excluding carboxylic acids is 1. The molecule has 1 aromatic heterocycles. The van der Waals surface area contributed by atoms with Gasteiger partial charge in [-0.15, -0.1) is 0 Å². The number of halogens is 2. The number of nitrogens with zero attached hydrogens (tertiary/aromatic N) is 2.